The van der Waals surface area contributed by atoms with E-state index in [2.05, 4.69) is 5.32 Å². The molecule has 0 fully saturated rings. The van der Waals surface area contributed by atoms with E-state index in [9.17, 15) is 22.8 Å². The average molecular weight is 364 g/mol. The SMILES string of the molecule is NC(=O)c1ccc2c(c1)OC(C(=O)c1ccc(C(F)(F)F)cc1)CNC2. The second-order valence-corrected chi connectivity index (χ2v) is 5.86. The smallest absolute Gasteiger partial charge is 0.416 e. The number of ether oxygens (including phenoxy) is 1. The fourth-order valence-electron chi connectivity index (χ4n) is 2.65. The predicted molar refractivity (Wildman–Crippen MR) is 86.9 cm³/mol. The van der Waals surface area contributed by atoms with Crippen molar-refractivity contribution in [1.82, 2.24) is 5.32 Å². The van der Waals surface area contributed by atoms with E-state index in [-0.39, 0.29) is 17.7 Å². The van der Waals surface area contributed by atoms with Gasteiger partial charge in [-0.25, -0.2) is 0 Å². The van der Waals surface area contributed by atoms with Crippen LogP contribution in [0.5, 0.6) is 5.75 Å². The number of primary amides is 1. The summed E-state index contributed by atoms with van der Waals surface area (Å²) in [6.07, 6.45) is -5.40. The summed E-state index contributed by atoms with van der Waals surface area (Å²) in [5, 5.41) is 3.05. The maximum absolute atomic E-state index is 12.6. The van der Waals surface area contributed by atoms with Crippen molar-refractivity contribution in [3.05, 3.63) is 64.7 Å². The van der Waals surface area contributed by atoms with E-state index in [1.165, 1.54) is 6.07 Å². The van der Waals surface area contributed by atoms with Gasteiger partial charge in [-0.3, -0.25) is 9.59 Å². The number of Topliss-reactive ketones (excluding diaryl/α,β-unsaturated/α-hetero) is 1. The monoisotopic (exact) mass is 364 g/mol. The Labute approximate surface area is 146 Å². The van der Waals surface area contributed by atoms with Gasteiger partial charge in [-0.2, -0.15) is 13.2 Å². The molecular weight excluding hydrogens is 349 g/mol. The quantitative estimate of drug-likeness (QED) is 0.820. The Morgan fingerprint density at radius 2 is 1.73 bits per heavy atom. The summed E-state index contributed by atoms with van der Waals surface area (Å²) in [6, 6.07) is 8.66. The normalized spacial score (nSPS) is 17.0. The number of hydrogen-bond acceptors (Lipinski definition) is 4. The van der Waals surface area contributed by atoms with E-state index < -0.39 is 29.5 Å². The maximum Gasteiger partial charge on any atom is 0.416 e. The van der Waals surface area contributed by atoms with Gasteiger partial charge in [0.25, 0.3) is 0 Å². The minimum Gasteiger partial charge on any atom is -0.481 e. The lowest BCUT2D eigenvalue weighted by atomic mass is 10.0. The number of carbonyl (C=O) groups is 2. The first kappa shape index (κ1) is 17.9. The van der Waals surface area contributed by atoms with Crippen LogP contribution in [0.1, 0.15) is 31.8 Å². The molecule has 0 radical (unpaired) electrons. The molecule has 1 aliphatic rings. The highest BCUT2D eigenvalue weighted by atomic mass is 19.4. The molecule has 2 aromatic carbocycles. The van der Waals surface area contributed by atoms with E-state index in [0.717, 1.165) is 29.8 Å². The van der Waals surface area contributed by atoms with Crippen LogP contribution in [0.25, 0.3) is 0 Å². The Bertz CT molecular complexity index is 848. The number of benzene rings is 2. The number of fused-ring (bicyclic) bond motifs is 1. The van der Waals surface area contributed by atoms with Crippen molar-refractivity contribution in [3.63, 3.8) is 0 Å². The summed E-state index contributed by atoms with van der Waals surface area (Å²) in [7, 11) is 0. The fraction of sp³-hybridized carbons (Fsp3) is 0.222. The zero-order valence-electron chi connectivity index (χ0n) is 13.5. The van der Waals surface area contributed by atoms with Crippen LogP contribution in [0.3, 0.4) is 0 Å². The number of hydrogen-bond donors (Lipinski definition) is 2. The second-order valence-electron chi connectivity index (χ2n) is 5.86. The molecule has 0 saturated heterocycles. The van der Waals surface area contributed by atoms with E-state index in [1.807, 2.05) is 0 Å². The summed E-state index contributed by atoms with van der Waals surface area (Å²) in [4.78, 5) is 23.9. The van der Waals surface area contributed by atoms with Crippen LogP contribution in [-0.2, 0) is 12.7 Å². The topological polar surface area (TPSA) is 81.4 Å². The third-order valence-corrected chi connectivity index (χ3v) is 4.06. The van der Waals surface area contributed by atoms with Crippen LogP contribution in [0, 0.1) is 0 Å². The van der Waals surface area contributed by atoms with Gasteiger partial charge in [0.05, 0.1) is 5.56 Å². The van der Waals surface area contributed by atoms with E-state index in [4.69, 9.17) is 10.5 Å². The number of nitrogens with one attached hydrogen (secondary N) is 1. The molecule has 2 aromatic rings. The van der Waals surface area contributed by atoms with Gasteiger partial charge in [0.15, 0.2) is 6.10 Å². The van der Waals surface area contributed by atoms with Gasteiger partial charge in [-0.1, -0.05) is 18.2 Å². The number of alkyl halides is 3. The van der Waals surface area contributed by atoms with Crippen LogP contribution in [0.15, 0.2) is 42.5 Å². The van der Waals surface area contributed by atoms with Crippen LogP contribution in [0.2, 0.25) is 0 Å². The minimum absolute atomic E-state index is 0.110. The largest absolute Gasteiger partial charge is 0.481 e. The van der Waals surface area contributed by atoms with Crippen molar-refractivity contribution >= 4 is 11.7 Å². The molecule has 1 aliphatic heterocycles. The highest BCUT2D eigenvalue weighted by molar-refractivity contribution is 6.00. The van der Waals surface area contributed by atoms with E-state index in [1.54, 1.807) is 12.1 Å². The molecule has 0 aromatic heterocycles. The van der Waals surface area contributed by atoms with Crippen LogP contribution in [0.4, 0.5) is 13.2 Å². The zero-order chi connectivity index (χ0) is 18.9. The van der Waals surface area contributed by atoms with Gasteiger partial charge < -0.3 is 15.8 Å². The number of halogens is 3. The Morgan fingerprint density at radius 3 is 2.35 bits per heavy atom. The van der Waals surface area contributed by atoms with Gasteiger partial charge in [0.1, 0.15) is 5.75 Å². The fourth-order valence-corrected chi connectivity index (χ4v) is 2.65. The van der Waals surface area contributed by atoms with Crippen molar-refractivity contribution in [3.8, 4) is 5.75 Å². The molecule has 8 heteroatoms. The lowest BCUT2D eigenvalue weighted by Gasteiger charge is -2.17. The van der Waals surface area contributed by atoms with Gasteiger partial charge in [0, 0.05) is 29.8 Å². The van der Waals surface area contributed by atoms with Gasteiger partial charge in [0.2, 0.25) is 11.7 Å². The lowest BCUT2D eigenvalue weighted by molar-refractivity contribution is -0.137. The molecule has 3 rings (SSSR count). The lowest BCUT2D eigenvalue weighted by Crippen LogP contribution is -2.35. The Morgan fingerprint density at radius 1 is 1.08 bits per heavy atom. The van der Waals surface area contributed by atoms with Crippen molar-refractivity contribution in [1.29, 1.82) is 0 Å². The van der Waals surface area contributed by atoms with E-state index in [0.29, 0.717) is 12.3 Å². The molecule has 3 N–H and O–H groups in total. The molecule has 1 heterocycles. The third kappa shape index (κ3) is 3.70. The molecule has 0 aliphatic carbocycles. The molecule has 0 spiro atoms. The minimum atomic E-state index is -4.47. The second kappa shape index (κ2) is 6.80. The molecule has 1 unspecified atom stereocenters. The van der Waals surface area contributed by atoms with Crippen molar-refractivity contribution in [2.24, 2.45) is 5.73 Å². The number of carbonyl (C=O) groups excluding carboxylic acids is 2. The molecule has 0 bridgehead atoms. The highest BCUT2D eigenvalue weighted by Gasteiger charge is 2.31. The molecular formula is C18H15F3N2O3. The Balaban J connectivity index is 1.84. The molecule has 1 amide bonds. The standard InChI is InChI=1S/C18H15F3N2O3/c19-18(20,21)13-5-3-10(4-6-13)16(24)15-9-23-8-12-2-1-11(17(22)25)7-14(12)26-15/h1-7,15,23H,8-9H2,(H2,22,25). The van der Waals surface area contributed by atoms with Gasteiger partial charge >= 0.3 is 6.18 Å². The van der Waals surface area contributed by atoms with Gasteiger partial charge in [-0.05, 0) is 24.3 Å². The number of amides is 1. The van der Waals surface area contributed by atoms with Crippen LogP contribution < -0.4 is 15.8 Å². The Hall–Kier alpha value is -2.87. The van der Waals surface area contributed by atoms with Gasteiger partial charge in [-0.15, -0.1) is 0 Å². The number of ketones is 1. The van der Waals surface area contributed by atoms with Crippen LogP contribution >= 0.6 is 0 Å². The summed E-state index contributed by atoms with van der Waals surface area (Å²) < 4.78 is 43.6. The third-order valence-electron chi connectivity index (χ3n) is 4.06. The van der Waals surface area contributed by atoms with Crippen LogP contribution in [-0.4, -0.2) is 24.3 Å². The molecule has 0 saturated carbocycles. The molecule has 5 nitrogen and oxygen atoms in total. The van der Waals surface area contributed by atoms with Crippen molar-refractivity contribution in [2.75, 3.05) is 6.54 Å². The molecule has 1 atom stereocenters. The van der Waals surface area contributed by atoms with E-state index >= 15 is 0 Å². The number of nitrogens with two attached hydrogens (primary N) is 1. The van der Waals surface area contributed by atoms with Crippen molar-refractivity contribution in [2.45, 2.75) is 18.8 Å². The maximum atomic E-state index is 12.6. The Kier molecular flexibility index (Phi) is 4.69. The average Bonchev–Trinajstić information content (AvgIpc) is 2.82. The summed E-state index contributed by atoms with van der Waals surface area (Å²) >= 11 is 0. The predicted octanol–water partition coefficient (Wildman–Crippen LogP) is 2.54. The number of rotatable bonds is 3. The molecule has 136 valence electrons. The summed E-state index contributed by atoms with van der Waals surface area (Å²) in [6.45, 7) is 0.603. The summed E-state index contributed by atoms with van der Waals surface area (Å²) in [5.41, 5.74) is 5.52. The van der Waals surface area contributed by atoms with Crippen molar-refractivity contribution < 1.29 is 27.5 Å². The first-order chi connectivity index (χ1) is 12.3. The molecule has 26 heavy (non-hydrogen) atoms. The summed E-state index contributed by atoms with van der Waals surface area (Å²) in [5.74, 6) is -0.737. The first-order valence-corrected chi connectivity index (χ1v) is 7.77. The first-order valence-electron chi connectivity index (χ1n) is 7.77. The zero-order valence-corrected chi connectivity index (χ0v) is 13.5. The highest BCUT2D eigenvalue weighted by Crippen LogP contribution is 2.30.